The molecular weight excluding hydrogens is 264 g/mol. The molecule has 0 bridgehead atoms. The average Bonchev–Trinajstić information content (AvgIpc) is 2.47. The van der Waals surface area contributed by atoms with Crippen molar-refractivity contribution in [3.8, 4) is 11.5 Å². The summed E-state index contributed by atoms with van der Waals surface area (Å²) in [5.74, 6) is 1.65. The zero-order valence-electron chi connectivity index (χ0n) is 13.3. The fourth-order valence-electron chi connectivity index (χ4n) is 2.36. The highest BCUT2D eigenvalue weighted by Crippen LogP contribution is 2.37. The molecule has 114 valence electrons. The first-order valence-corrected chi connectivity index (χ1v) is 7.65. The standard InChI is InChI=1S/C17H24N2O2/c1-5-10-18-13-11-12(4)19-17-15(21-7-3)9-8-14(16(13)17)20-6-2/h8-9,11H,5-7,10H2,1-4H3,(H,18,19). The van der Waals surface area contributed by atoms with Crippen LogP contribution in [0.3, 0.4) is 0 Å². The molecule has 0 amide bonds. The Balaban J connectivity index is 2.66. The van der Waals surface area contributed by atoms with Crippen molar-refractivity contribution in [2.45, 2.75) is 34.1 Å². The summed E-state index contributed by atoms with van der Waals surface area (Å²) in [6.45, 7) is 10.3. The molecule has 4 heteroatoms. The molecule has 0 atom stereocenters. The predicted octanol–water partition coefficient (Wildman–Crippen LogP) is 4.16. The highest BCUT2D eigenvalue weighted by molar-refractivity contribution is 6.00. The number of ether oxygens (including phenoxy) is 2. The van der Waals surface area contributed by atoms with Gasteiger partial charge >= 0.3 is 0 Å². The molecule has 0 spiro atoms. The number of fused-ring (bicyclic) bond motifs is 1. The highest BCUT2D eigenvalue weighted by atomic mass is 16.5. The summed E-state index contributed by atoms with van der Waals surface area (Å²) in [6, 6.07) is 5.97. The van der Waals surface area contributed by atoms with Crippen molar-refractivity contribution in [2.75, 3.05) is 25.1 Å². The lowest BCUT2D eigenvalue weighted by molar-refractivity contribution is 0.336. The first-order chi connectivity index (χ1) is 10.2. The third kappa shape index (κ3) is 3.38. The molecule has 0 saturated carbocycles. The summed E-state index contributed by atoms with van der Waals surface area (Å²) < 4.78 is 11.5. The topological polar surface area (TPSA) is 43.4 Å². The van der Waals surface area contributed by atoms with Gasteiger partial charge in [-0.2, -0.15) is 0 Å². The molecule has 0 saturated heterocycles. The van der Waals surface area contributed by atoms with Crippen molar-refractivity contribution in [3.05, 3.63) is 23.9 Å². The van der Waals surface area contributed by atoms with Crippen LogP contribution in [0.15, 0.2) is 18.2 Å². The third-order valence-corrected chi connectivity index (χ3v) is 3.18. The van der Waals surface area contributed by atoms with Crippen LogP contribution in [0, 0.1) is 6.92 Å². The molecule has 21 heavy (non-hydrogen) atoms. The lowest BCUT2D eigenvalue weighted by Crippen LogP contribution is -2.04. The van der Waals surface area contributed by atoms with Gasteiger partial charge in [-0.25, -0.2) is 4.98 Å². The maximum absolute atomic E-state index is 5.78. The van der Waals surface area contributed by atoms with Crippen molar-refractivity contribution in [3.63, 3.8) is 0 Å². The number of aryl methyl sites for hydroxylation is 1. The minimum absolute atomic E-state index is 0.621. The molecule has 0 unspecified atom stereocenters. The van der Waals surface area contributed by atoms with E-state index in [9.17, 15) is 0 Å². The number of hydrogen-bond donors (Lipinski definition) is 1. The summed E-state index contributed by atoms with van der Waals surface area (Å²) in [7, 11) is 0. The van der Waals surface area contributed by atoms with Crippen LogP contribution < -0.4 is 14.8 Å². The van der Waals surface area contributed by atoms with Gasteiger partial charge in [0.05, 0.1) is 18.6 Å². The van der Waals surface area contributed by atoms with Gasteiger partial charge in [-0.05, 0) is 45.4 Å². The fourth-order valence-corrected chi connectivity index (χ4v) is 2.36. The maximum atomic E-state index is 5.78. The van der Waals surface area contributed by atoms with Crippen LogP contribution in [-0.2, 0) is 0 Å². The molecule has 1 aromatic heterocycles. The zero-order chi connectivity index (χ0) is 15.2. The van der Waals surface area contributed by atoms with Crippen LogP contribution in [0.5, 0.6) is 11.5 Å². The van der Waals surface area contributed by atoms with E-state index in [0.29, 0.717) is 13.2 Å². The van der Waals surface area contributed by atoms with Gasteiger partial charge in [-0.15, -0.1) is 0 Å². The van der Waals surface area contributed by atoms with Crippen LogP contribution in [0.25, 0.3) is 10.9 Å². The Morgan fingerprint density at radius 3 is 2.38 bits per heavy atom. The zero-order valence-corrected chi connectivity index (χ0v) is 13.3. The second-order valence-electron chi connectivity index (χ2n) is 4.89. The Morgan fingerprint density at radius 2 is 1.71 bits per heavy atom. The number of anilines is 1. The van der Waals surface area contributed by atoms with Gasteiger partial charge in [-0.1, -0.05) is 6.92 Å². The van der Waals surface area contributed by atoms with Crippen molar-refractivity contribution in [2.24, 2.45) is 0 Å². The van der Waals surface area contributed by atoms with Crippen molar-refractivity contribution in [1.29, 1.82) is 0 Å². The Kier molecular flexibility index (Phi) is 5.26. The van der Waals surface area contributed by atoms with Crippen LogP contribution in [-0.4, -0.2) is 24.7 Å². The Hall–Kier alpha value is -1.97. The number of hydrogen-bond acceptors (Lipinski definition) is 4. The molecule has 0 aliphatic heterocycles. The van der Waals surface area contributed by atoms with Crippen molar-refractivity contribution in [1.82, 2.24) is 4.98 Å². The second kappa shape index (κ2) is 7.16. The third-order valence-electron chi connectivity index (χ3n) is 3.18. The van der Waals surface area contributed by atoms with Gasteiger partial charge in [0, 0.05) is 17.9 Å². The first kappa shape index (κ1) is 15.4. The maximum Gasteiger partial charge on any atom is 0.145 e. The summed E-state index contributed by atoms with van der Waals surface area (Å²) in [4.78, 5) is 4.66. The van der Waals surface area contributed by atoms with E-state index < -0.39 is 0 Å². The molecule has 1 N–H and O–H groups in total. The highest BCUT2D eigenvalue weighted by Gasteiger charge is 2.14. The molecule has 0 radical (unpaired) electrons. The van der Waals surface area contributed by atoms with Crippen LogP contribution in [0.1, 0.15) is 32.9 Å². The summed E-state index contributed by atoms with van der Waals surface area (Å²) in [6.07, 6.45) is 1.07. The number of aromatic nitrogens is 1. The summed E-state index contributed by atoms with van der Waals surface area (Å²) in [5.41, 5.74) is 2.89. The molecular formula is C17H24N2O2. The number of rotatable bonds is 7. The molecule has 0 aliphatic rings. The van der Waals surface area contributed by atoms with E-state index in [1.54, 1.807) is 0 Å². The van der Waals surface area contributed by atoms with Crippen molar-refractivity contribution < 1.29 is 9.47 Å². The van der Waals surface area contributed by atoms with Gasteiger partial charge in [-0.3, -0.25) is 0 Å². The Bertz CT molecular complexity index is 611. The number of benzene rings is 1. The predicted molar refractivity (Wildman–Crippen MR) is 87.6 cm³/mol. The SMILES string of the molecule is CCCNc1cc(C)nc2c(OCC)ccc(OCC)c12. The van der Waals surface area contributed by atoms with E-state index in [0.717, 1.165) is 46.7 Å². The normalized spacial score (nSPS) is 10.7. The summed E-state index contributed by atoms with van der Waals surface area (Å²) >= 11 is 0. The van der Waals surface area contributed by atoms with Gasteiger partial charge in [0.1, 0.15) is 17.0 Å². The Morgan fingerprint density at radius 1 is 1.05 bits per heavy atom. The van der Waals surface area contributed by atoms with Gasteiger partial charge < -0.3 is 14.8 Å². The van der Waals surface area contributed by atoms with Gasteiger partial charge in [0.2, 0.25) is 0 Å². The largest absolute Gasteiger partial charge is 0.493 e. The van der Waals surface area contributed by atoms with E-state index in [-0.39, 0.29) is 0 Å². The first-order valence-electron chi connectivity index (χ1n) is 7.65. The van der Waals surface area contributed by atoms with Crippen molar-refractivity contribution >= 4 is 16.6 Å². The minimum atomic E-state index is 0.621. The van der Waals surface area contributed by atoms with Crippen LogP contribution in [0.4, 0.5) is 5.69 Å². The van der Waals surface area contributed by atoms with E-state index in [1.165, 1.54) is 0 Å². The van der Waals surface area contributed by atoms with Crippen LogP contribution >= 0.6 is 0 Å². The Labute approximate surface area is 126 Å². The number of nitrogens with one attached hydrogen (secondary N) is 1. The van der Waals surface area contributed by atoms with E-state index in [2.05, 4.69) is 23.3 Å². The molecule has 2 rings (SSSR count). The minimum Gasteiger partial charge on any atom is -0.493 e. The second-order valence-corrected chi connectivity index (χ2v) is 4.89. The van der Waals surface area contributed by atoms with E-state index in [1.807, 2.05) is 32.9 Å². The molecule has 0 aliphatic carbocycles. The average molecular weight is 288 g/mol. The quantitative estimate of drug-likeness (QED) is 0.830. The van der Waals surface area contributed by atoms with Crippen LogP contribution in [0.2, 0.25) is 0 Å². The van der Waals surface area contributed by atoms with Gasteiger partial charge in [0.25, 0.3) is 0 Å². The number of pyridine rings is 1. The molecule has 4 nitrogen and oxygen atoms in total. The molecule has 1 heterocycles. The number of nitrogens with zero attached hydrogens (tertiary/aromatic N) is 1. The lowest BCUT2D eigenvalue weighted by Gasteiger charge is -2.16. The molecule has 2 aromatic rings. The molecule has 1 aromatic carbocycles. The lowest BCUT2D eigenvalue weighted by atomic mass is 10.1. The fraction of sp³-hybridized carbons (Fsp3) is 0.471. The molecule has 0 fully saturated rings. The monoisotopic (exact) mass is 288 g/mol. The van der Waals surface area contributed by atoms with E-state index >= 15 is 0 Å². The van der Waals surface area contributed by atoms with Gasteiger partial charge in [0.15, 0.2) is 0 Å². The smallest absolute Gasteiger partial charge is 0.145 e. The summed E-state index contributed by atoms with van der Waals surface area (Å²) in [5, 5.41) is 4.47. The van der Waals surface area contributed by atoms with E-state index in [4.69, 9.17) is 9.47 Å².